The van der Waals surface area contributed by atoms with Gasteiger partial charge in [-0.25, -0.2) is 6.57 Å². The minimum Gasteiger partial charge on any atom is -0.335 e. The van der Waals surface area contributed by atoms with Gasteiger partial charge in [0.2, 0.25) is 0 Å². The van der Waals surface area contributed by atoms with Gasteiger partial charge in [-0.2, -0.15) is 11.8 Å². The van der Waals surface area contributed by atoms with Crippen LogP contribution in [0.2, 0.25) is 0 Å². The smallest absolute Gasteiger partial charge is 0.302 e. The van der Waals surface area contributed by atoms with E-state index in [4.69, 9.17) is 6.57 Å². The fraction of sp³-hybridized carbons (Fsp3) is 0.714. The maximum atomic E-state index is 11.1. The van der Waals surface area contributed by atoms with Crippen molar-refractivity contribution in [3.63, 3.8) is 0 Å². The molecule has 0 aromatic rings. The molecule has 1 aliphatic rings. The summed E-state index contributed by atoms with van der Waals surface area (Å²) in [7, 11) is 0. The van der Waals surface area contributed by atoms with Gasteiger partial charge >= 0.3 is 5.91 Å². The first-order valence-electron chi connectivity index (χ1n) is 3.53. The zero-order valence-electron chi connectivity index (χ0n) is 6.25. The summed E-state index contributed by atoms with van der Waals surface area (Å²) in [5.74, 6) is 2.02. The van der Waals surface area contributed by atoms with Gasteiger partial charge in [-0.05, 0) is 0 Å². The number of rotatable bonds is 1. The minimum absolute atomic E-state index is 0.0136. The van der Waals surface area contributed by atoms with Crippen LogP contribution in [0.25, 0.3) is 4.85 Å². The van der Waals surface area contributed by atoms with Gasteiger partial charge in [0, 0.05) is 24.6 Å². The molecule has 0 aliphatic carbocycles. The molecule has 0 N–H and O–H groups in total. The first kappa shape index (κ1) is 8.41. The second kappa shape index (κ2) is 4.24. The third-order valence-electron chi connectivity index (χ3n) is 1.58. The topological polar surface area (TPSA) is 24.7 Å². The largest absolute Gasteiger partial charge is 0.335 e. The molecule has 1 aliphatic heterocycles. The standard InChI is InChI=1S/C7H10N2OS/c1-8-6-7(10)9-2-4-11-5-3-9/h2-6H2. The van der Waals surface area contributed by atoms with Crippen LogP contribution < -0.4 is 0 Å². The predicted molar refractivity (Wildman–Crippen MR) is 45.4 cm³/mol. The number of nitrogens with zero attached hydrogens (tertiary/aromatic N) is 2. The summed E-state index contributed by atoms with van der Waals surface area (Å²) in [4.78, 5) is 15.9. The summed E-state index contributed by atoms with van der Waals surface area (Å²) in [5, 5.41) is 0. The number of hydrogen-bond donors (Lipinski definition) is 0. The highest BCUT2D eigenvalue weighted by atomic mass is 32.2. The maximum Gasteiger partial charge on any atom is 0.302 e. The van der Waals surface area contributed by atoms with E-state index >= 15 is 0 Å². The Hall–Kier alpha value is -0.690. The van der Waals surface area contributed by atoms with E-state index in [1.807, 2.05) is 11.8 Å². The number of carbonyl (C=O) groups is 1. The molecule has 1 fully saturated rings. The molecular formula is C7H10N2OS. The van der Waals surface area contributed by atoms with E-state index in [0.29, 0.717) is 0 Å². The molecule has 0 spiro atoms. The molecular weight excluding hydrogens is 160 g/mol. The Labute approximate surface area is 70.6 Å². The van der Waals surface area contributed by atoms with Crippen molar-refractivity contribution in [2.75, 3.05) is 31.1 Å². The van der Waals surface area contributed by atoms with E-state index in [-0.39, 0.29) is 12.5 Å². The second-order valence-electron chi connectivity index (χ2n) is 2.31. The van der Waals surface area contributed by atoms with Gasteiger partial charge < -0.3 is 9.74 Å². The molecule has 1 heterocycles. The monoisotopic (exact) mass is 170 g/mol. The van der Waals surface area contributed by atoms with Crippen molar-refractivity contribution in [3.05, 3.63) is 11.4 Å². The average Bonchev–Trinajstić information content (AvgIpc) is 2.07. The zero-order valence-corrected chi connectivity index (χ0v) is 7.06. The van der Waals surface area contributed by atoms with Gasteiger partial charge in [0.15, 0.2) is 0 Å². The van der Waals surface area contributed by atoms with E-state index in [0.717, 1.165) is 24.6 Å². The molecule has 3 nitrogen and oxygen atoms in total. The lowest BCUT2D eigenvalue weighted by Gasteiger charge is -2.24. The Morgan fingerprint density at radius 1 is 1.55 bits per heavy atom. The van der Waals surface area contributed by atoms with Crippen molar-refractivity contribution in [1.29, 1.82) is 0 Å². The first-order chi connectivity index (χ1) is 5.34. The molecule has 0 aromatic heterocycles. The molecule has 0 aromatic carbocycles. The lowest BCUT2D eigenvalue weighted by molar-refractivity contribution is -0.128. The second-order valence-corrected chi connectivity index (χ2v) is 3.53. The van der Waals surface area contributed by atoms with Crippen LogP contribution in [0.4, 0.5) is 0 Å². The molecule has 11 heavy (non-hydrogen) atoms. The lowest BCUT2D eigenvalue weighted by Crippen LogP contribution is -2.38. The normalized spacial score (nSPS) is 17.5. The molecule has 0 saturated carbocycles. The molecule has 1 rings (SSSR count). The summed E-state index contributed by atoms with van der Waals surface area (Å²) in [6.45, 7) is 8.18. The maximum absolute atomic E-state index is 11.1. The zero-order chi connectivity index (χ0) is 8.10. The van der Waals surface area contributed by atoms with Gasteiger partial charge in [-0.1, -0.05) is 0 Å². The highest BCUT2D eigenvalue weighted by Gasteiger charge is 2.17. The van der Waals surface area contributed by atoms with Crippen LogP contribution in [0.1, 0.15) is 0 Å². The average molecular weight is 170 g/mol. The lowest BCUT2D eigenvalue weighted by atomic mass is 10.4. The molecule has 0 unspecified atom stereocenters. The number of amides is 1. The van der Waals surface area contributed by atoms with Crippen molar-refractivity contribution in [3.8, 4) is 0 Å². The van der Waals surface area contributed by atoms with Crippen molar-refractivity contribution >= 4 is 17.7 Å². The predicted octanol–water partition coefficient (Wildman–Crippen LogP) is 0.481. The quantitative estimate of drug-likeness (QED) is 0.535. The molecule has 4 heteroatoms. The van der Waals surface area contributed by atoms with Crippen LogP contribution in [0.15, 0.2) is 0 Å². The highest BCUT2D eigenvalue weighted by Crippen LogP contribution is 2.08. The van der Waals surface area contributed by atoms with E-state index in [9.17, 15) is 4.79 Å². The molecule has 0 radical (unpaired) electrons. The van der Waals surface area contributed by atoms with Crippen molar-refractivity contribution in [2.45, 2.75) is 0 Å². The molecule has 60 valence electrons. The Bertz CT molecular complexity index is 181. The summed E-state index contributed by atoms with van der Waals surface area (Å²) in [5.41, 5.74) is 0. The van der Waals surface area contributed by atoms with Crippen LogP contribution in [0.5, 0.6) is 0 Å². The van der Waals surface area contributed by atoms with E-state index < -0.39 is 0 Å². The Morgan fingerprint density at radius 3 is 2.73 bits per heavy atom. The third-order valence-corrected chi connectivity index (χ3v) is 2.52. The molecule has 1 saturated heterocycles. The summed E-state index contributed by atoms with van der Waals surface area (Å²) < 4.78 is 0. The minimum atomic E-state index is -0.0136. The third kappa shape index (κ3) is 2.43. The Morgan fingerprint density at radius 2 is 2.18 bits per heavy atom. The van der Waals surface area contributed by atoms with Crippen molar-refractivity contribution < 1.29 is 4.79 Å². The fourth-order valence-electron chi connectivity index (χ4n) is 0.980. The van der Waals surface area contributed by atoms with Gasteiger partial charge in [0.25, 0.3) is 6.54 Å². The van der Waals surface area contributed by atoms with Crippen LogP contribution in [-0.2, 0) is 4.79 Å². The summed E-state index contributed by atoms with van der Waals surface area (Å²) >= 11 is 1.86. The van der Waals surface area contributed by atoms with Gasteiger partial charge in [0.1, 0.15) is 0 Å². The van der Waals surface area contributed by atoms with Crippen molar-refractivity contribution in [2.24, 2.45) is 0 Å². The van der Waals surface area contributed by atoms with Gasteiger partial charge in [0.05, 0.1) is 0 Å². The first-order valence-corrected chi connectivity index (χ1v) is 4.69. The number of thioether (sulfide) groups is 1. The molecule has 1 amide bonds. The fourth-order valence-corrected chi connectivity index (χ4v) is 1.88. The van der Waals surface area contributed by atoms with Crippen LogP contribution >= 0.6 is 11.8 Å². The van der Waals surface area contributed by atoms with E-state index in [1.54, 1.807) is 4.90 Å². The SMILES string of the molecule is [C-]#[N+]CC(=O)N1CCSCC1. The molecule has 0 atom stereocenters. The summed E-state index contributed by atoms with van der Waals surface area (Å²) in [6.07, 6.45) is 0. The number of hydrogen-bond acceptors (Lipinski definition) is 2. The van der Waals surface area contributed by atoms with Gasteiger partial charge in [-0.3, -0.25) is 4.79 Å². The van der Waals surface area contributed by atoms with Crippen LogP contribution in [-0.4, -0.2) is 41.9 Å². The highest BCUT2D eigenvalue weighted by molar-refractivity contribution is 7.99. The molecule has 0 bridgehead atoms. The van der Waals surface area contributed by atoms with Crippen molar-refractivity contribution in [1.82, 2.24) is 4.90 Å². The van der Waals surface area contributed by atoms with Crippen LogP contribution in [0, 0.1) is 6.57 Å². The van der Waals surface area contributed by atoms with E-state index in [2.05, 4.69) is 4.85 Å². The van der Waals surface area contributed by atoms with Crippen LogP contribution in [0.3, 0.4) is 0 Å². The summed E-state index contributed by atoms with van der Waals surface area (Å²) in [6, 6.07) is 0. The van der Waals surface area contributed by atoms with E-state index in [1.165, 1.54) is 0 Å². The Balaban J connectivity index is 2.34. The van der Waals surface area contributed by atoms with Gasteiger partial charge in [-0.15, -0.1) is 0 Å². The Kier molecular flexibility index (Phi) is 3.24. The number of carbonyl (C=O) groups excluding carboxylic acids is 1.